The number of carbonyl (C=O) groups excluding carboxylic acids is 1. The first-order valence-electron chi connectivity index (χ1n) is 10.8. The van der Waals surface area contributed by atoms with Gasteiger partial charge in [0.05, 0.1) is 18.1 Å². The molecule has 0 bridgehead atoms. The quantitative estimate of drug-likeness (QED) is 0.742. The molecule has 2 heterocycles. The number of morpholine rings is 1. The molecule has 2 aliphatic rings. The molecule has 1 N–H and O–H groups in total. The fraction of sp³-hybridized carbons (Fsp3) is 0.435. The van der Waals surface area contributed by atoms with E-state index in [0.29, 0.717) is 49.2 Å². The van der Waals surface area contributed by atoms with Crippen LogP contribution in [0.1, 0.15) is 23.2 Å². The molecule has 0 atom stereocenters. The summed E-state index contributed by atoms with van der Waals surface area (Å²) in [7, 11) is -3.46. The normalized spacial score (nSPS) is 18.6. The standard InChI is InChI=1S/C23H29N3O4S/c27-23(20-4-2-1-3-5-20)24-18-19-10-12-25(13-11-19)21-6-8-22(9-7-21)31(28,29)26-14-16-30-17-15-26/h1-9,19H,10-18H2,(H,24,27). The van der Waals surface area contributed by atoms with Gasteiger partial charge in [0.25, 0.3) is 5.91 Å². The van der Waals surface area contributed by atoms with Crippen LogP contribution >= 0.6 is 0 Å². The summed E-state index contributed by atoms with van der Waals surface area (Å²) in [6.45, 7) is 4.15. The van der Waals surface area contributed by atoms with E-state index < -0.39 is 10.0 Å². The SMILES string of the molecule is O=C(NCC1CCN(c2ccc(S(=O)(=O)N3CCOCC3)cc2)CC1)c1ccccc1. The van der Waals surface area contributed by atoms with Crippen LogP contribution in [0.2, 0.25) is 0 Å². The summed E-state index contributed by atoms with van der Waals surface area (Å²) >= 11 is 0. The molecule has 0 aliphatic carbocycles. The summed E-state index contributed by atoms with van der Waals surface area (Å²) < 4.78 is 32.3. The Morgan fingerprint density at radius 3 is 2.23 bits per heavy atom. The third-order valence-corrected chi connectivity index (χ3v) is 7.92. The number of carbonyl (C=O) groups is 1. The lowest BCUT2D eigenvalue weighted by molar-refractivity contribution is 0.0730. The van der Waals surface area contributed by atoms with Crippen LogP contribution in [0.4, 0.5) is 5.69 Å². The van der Waals surface area contributed by atoms with Crippen molar-refractivity contribution in [2.45, 2.75) is 17.7 Å². The molecule has 0 unspecified atom stereocenters. The van der Waals surface area contributed by atoms with Gasteiger partial charge in [-0.2, -0.15) is 4.31 Å². The minimum Gasteiger partial charge on any atom is -0.379 e. The molecule has 2 aromatic rings. The molecule has 0 radical (unpaired) electrons. The Hall–Kier alpha value is -2.42. The molecule has 1 amide bonds. The molecule has 31 heavy (non-hydrogen) atoms. The summed E-state index contributed by atoms with van der Waals surface area (Å²) in [4.78, 5) is 14.8. The van der Waals surface area contributed by atoms with Crippen LogP contribution in [0.3, 0.4) is 0 Å². The number of ether oxygens (including phenoxy) is 1. The Balaban J connectivity index is 1.28. The predicted molar refractivity (Wildman–Crippen MR) is 120 cm³/mol. The van der Waals surface area contributed by atoms with Gasteiger partial charge < -0.3 is 15.0 Å². The molecule has 0 aromatic heterocycles. The number of anilines is 1. The Morgan fingerprint density at radius 1 is 0.935 bits per heavy atom. The Morgan fingerprint density at radius 2 is 1.58 bits per heavy atom. The van der Waals surface area contributed by atoms with Gasteiger partial charge in [0.2, 0.25) is 10.0 Å². The van der Waals surface area contributed by atoms with Crippen LogP contribution in [-0.4, -0.2) is 64.6 Å². The van der Waals surface area contributed by atoms with Crippen molar-refractivity contribution in [3.05, 3.63) is 60.2 Å². The van der Waals surface area contributed by atoms with E-state index in [1.54, 1.807) is 12.1 Å². The second-order valence-corrected chi connectivity index (χ2v) is 9.95. The van der Waals surface area contributed by atoms with Crippen molar-refractivity contribution in [1.82, 2.24) is 9.62 Å². The molecule has 0 saturated carbocycles. The first kappa shape index (κ1) is 21.8. The highest BCUT2D eigenvalue weighted by Crippen LogP contribution is 2.25. The molecule has 166 valence electrons. The zero-order valence-corrected chi connectivity index (χ0v) is 18.4. The first-order chi connectivity index (χ1) is 15.0. The lowest BCUT2D eigenvalue weighted by Gasteiger charge is -2.34. The van der Waals surface area contributed by atoms with Gasteiger partial charge in [0.1, 0.15) is 0 Å². The van der Waals surface area contributed by atoms with Crippen molar-refractivity contribution in [3.8, 4) is 0 Å². The average molecular weight is 444 g/mol. The van der Waals surface area contributed by atoms with E-state index in [1.165, 1.54) is 4.31 Å². The van der Waals surface area contributed by atoms with E-state index in [9.17, 15) is 13.2 Å². The Kier molecular flexibility index (Phi) is 6.89. The van der Waals surface area contributed by atoms with Gasteiger partial charge in [0, 0.05) is 44.0 Å². The summed E-state index contributed by atoms with van der Waals surface area (Å²) in [5.74, 6) is 0.421. The van der Waals surface area contributed by atoms with Crippen molar-refractivity contribution in [3.63, 3.8) is 0 Å². The lowest BCUT2D eigenvalue weighted by atomic mass is 9.96. The number of benzene rings is 2. The third kappa shape index (κ3) is 5.26. The third-order valence-electron chi connectivity index (χ3n) is 6.01. The van der Waals surface area contributed by atoms with E-state index in [2.05, 4.69) is 10.2 Å². The second kappa shape index (κ2) is 9.80. The molecule has 4 rings (SSSR count). The summed E-state index contributed by atoms with van der Waals surface area (Å²) in [5.41, 5.74) is 1.72. The molecule has 2 fully saturated rings. The van der Waals surface area contributed by atoms with Gasteiger partial charge in [-0.15, -0.1) is 0 Å². The van der Waals surface area contributed by atoms with Gasteiger partial charge in [-0.3, -0.25) is 4.79 Å². The first-order valence-corrected chi connectivity index (χ1v) is 12.2. The van der Waals surface area contributed by atoms with Gasteiger partial charge in [-0.05, 0) is 55.2 Å². The zero-order valence-electron chi connectivity index (χ0n) is 17.6. The van der Waals surface area contributed by atoms with Crippen molar-refractivity contribution >= 4 is 21.6 Å². The monoisotopic (exact) mass is 443 g/mol. The van der Waals surface area contributed by atoms with Gasteiger partial charge >= 0.3 is 0 Å². The van der Waals surface area contributed by atoms with Gasteiger partial charge in [0.15, 0.2) is 0 Å². The van der Waals surface area contributed by atoms with E-state index in [0.717, 1.165) is 31.6 Å². The minimum absolute atomic E-state index is 0.0277. The smallest absolute Gasteiger partial charge is 0.251 e. The van der Waals surface area contributed by atoms with Crippen LogP contribution in [0, 0.1) is 5.92 Å². The van der Waals surface area contributed by atoms with Crippen molar-refractivity contribution in [1.29, 1.82) is 0 Å². The number of hydrogen-bond acceptors (Lipinski definition) is 5. The highest BCUT2D eigenvalue weighted by atomic mass is 32.2. The second-order valence-electron chi connectivity index (χ2n) is 8.02. The highest BCUT2D eigenvalue weighted by Gasteiger charge is 2.27. The summed E-state index contributed by atoms with van der Waals surface area (Å²) in [6, 6.07) is 16.5. The van der Waals surface area contributed by atoms with Crippen molar-refractivity contribution in [2.24, 2.45) is 5.92 Å². The molecule has 2 aliphatic heterocycles. The number of amides is 1. The molecule has 2 saturated heterocycles. The number of sulfonamides is 1. The molecule has 7 nitrogen and oxygen atoms in total. The Bertz CT molecular complexity index is 966. The molecule has 8 heteroatoms. The molecular formula is C23H29N3O4S. The maximum Gasteiger partial charge on any atom is 0.251 e. The zero-order chi connectivity index (χ0) is 21.7. The molecule has 0 spiro atoms. The van der Waals surface area contributed by atoms with E-state index in [1.807, 2.05) is 42.5 Å². The number of nitrogens with one attached hydrogen (secondary N) is 1. The Labute approximate surface area is 184 Å². The fourth-order valence-corrected chi connectivity index (χ4v) is 5.50. The maximum atomic E-state index is 12.8. The largest absolute Gasteiger partial charge is 0.379 e. The number of nitrogens with zero attached hydrogens (tertiary/aromatic N) is 2. The fourth-order valence-electron chi connectivity index (χ4n) is 4.09. The highest BCUT2D eigenvalue weighted by molar-refractivity contribution is 7.89. The van der Waals surface area contributed by atoms with Crippen LogP contribution in [0.5, 0.6) is 0 Å². The number of piperidine rings is 1. The topological polar surface area (TPSA) is 79.0 Å². The van der Waals surface area contributed by atoms with Crippen LogP contribution in [0.15, 0.2) is 59.5 Å². The molecular weight excluding hydrogens is 414 g/mol. The summed E-state index contributed by atoms with van der Waals surface area (Å²) in [6.07, 6.45) is 1.98. The van der Waals surface area contributed by atoms with Gasteiger partial charge in [-0.1, -0.05) is 18.2 Å². The van der Waals surface area contributed by atoms with Gasteiger partial charge in [-0.25, -0.2) is 8.42 Å². The van der Waals surface area contributed by atoms with E-state index >= 15 is 0 Å². The average Bonchev–Trinajstić information content (AvgIpc) is 2.84. The van der Waals surface area contributed by atoms with Crippen LogP contribution < -0.4 is 10.2 Å². The van der Waals surface area contributed by atoms with E-state index in [4.69, 9.17) is 4.74 Å². The predicted octanol–water partition coefficient (Wildman–Crippen LogP) is 2.35. The number of hydrogen-bond donors (Lipinski definition) is 1. The number of rotatable bonds is 6. The van der Waals surface area contributed by atoms with E-state index in [-0.39, 0.29) is 5.91 Å². The summed E-state index contributed by atoms with van der Waals surface area (Å²) in [5, 5.41) is 3.04. The van der Waals surface area contributed by atoms with Crippen molar-refractivity contribution in [2.75, 3.05) is 50.8 Å². The lowest BCUT2D eigenvalue weighted by Crippen LogP contribution is -2.40. The van der Waals surface area contributed by atoms with Crippen LogP contribution in [-0.2, 0) is 14.8 Å². The maximum absolute atomic E-state index is 12.8. The van der Waals surface area contributed by atoms with Crippen LogP contribution in [0.25, 0.3) is 0 Å². The van der Waals surface area contributed by atoms with Crippen molar-refractivity contribution < 1.29 is 17.9 Å². The minimum atomic E-state index is -3.46. The molecule has 2 aromatic carbocycles.